The van der Waals surface area contributed by atoms with Crippen molar-refractivity contribution in [1.82, 2.24) is 0 Å². The quantitative estimate of drug-likeness (QED) is 0.0598. The fourth-order valence-electron chi connectivity index (χ4n) is 6.67. The molecule has 7 aromatic rings. The van der Waals surface area contributed by atoms with Crippen molar-refractivity contribution in [2.45, 2.75) is 44.4 Å². The molecule has 0 heterocycles. The maximum atomic E-state index is 13.7. The molecule has 0 radical (unpaired) electrons. The number of azo groups is 2. The predicted octanol–water partition coefficient (Wildman–Crippen LogP) is 10.8. The molecule has 0 saturated carbocycles. The van der Waals surface area contributed by atoms with Gasteiger partial charge in [-0.25, -0.2) is 8.42 Å². The number of benzene rings is 7. The molecule has 0 aliphatic carbocycles. The highest BCUT2D eigenvalue weighted by atomic mass is 32.2. The highest BCUT2D eigenvalue weighted by molar-refractivity contribution is 7.92. The van der Waals surface area contributed by atoms with Gasteiger partial charge in [-0.2, -0.15) is 22.9 Å². The van der Waals surface area contributed by atoms with Crippen LogP contribution in [0.3, 0.4) is 0 Å². The van der Waals surface area contributed by atoms with E-state index in [2.05, 4.69) is 20.5 Å². The van der Waals surface area contributed by atoms with Gasteiger partial charge in [-0.1, -0.05) is 47.5 Å². The highest BCUT2D eigenvalue weighted by Crippen LogP contribution is 2.47. The summed E-state index contributed by atoms with van der Waals surface area (Å²) in [7, 11) is -7.55. The van der Waals surface area contributed by atoms with E-state index in [1.165, 1.54) is 41.7 Å². The van der Waals surface area contributed by atoms with Gasteiger partial charge in [-0.3, -0.25) is 8.86 Å². The van der Waals surface area contributed by atoms with Gasteiger partial charge in [0.2, 0.25) is 0 Å². The molecule has 7 aromatic carbocycles. The van der Waals surface area contributed by atoms with Crippen molar-refractivity contribution in [1.29, 1.82) is 0 Å². The summed E-state index contributed by atoms with van der Waals surface area (Å²) in [4.78, 5) is -0.792. The fraction of sp³-hybridized carbons (Fsp3) is 0.136. The number of aryl methyl sites for hydroxylation is 5. The molecule has 4 N–H and O–H groups in total. The maximum absolute atomic E-state index is 13.7. The Labute approximate surface area is 360 Å². The van der Waals surface area contributed by atoms with Gasteiger partial charge < -0.3 is 19.2 Å². The zero-order chi connectivity index (χ0) is 44.7. The van der Waals surface area contributed by atoms with Crippen molar-refractivity contribution in [3.63, 3.8) is 0 Å². The van der Waals surface area contributed by atoms with Crippen LogP contribution < -0.4 is 18.4 Å². The minimum absolute atomic E-state index is 0.0354. The van der Waals surface area contributed by atoms with Gasteiger partial charge in [0.1, 0.15) is 27.8 Å². The lowest BCUT2D eigenvalue weighted by atomic mass is 10.0. The normalized spacial score (nSPS) is 12.7. The summed E-state index contributed by atoms with van der Waals surface area (Å²) in [5.41, 5.74) is 10.7. The van der Waals surface area contributed by atoms with Gasteiger partial charge >= 0.3 is 11.4 Å². The maximum Gasteiger partial charge on any atom is 0.417 e. The van der Waals surface area contributed by atoms with Crippen LogP contribution in [0.15, 0.2) is 139 Å². The molecule has 62 heavy (non-hydrogen) atoms. The van der Waals surface area contributed by atoms with Crippen molar-refractivity contribution in [2.24, 2.45) is 20.5 Å². The van der Waals surface area contributed by atoms with Gasteiger partial charge in [0.15, 0.2) is 5.75 Å². The number of phenols is 1. The van der Waals surface area contributed by atoms with E-state index in [9.17, 15) is 30.7 Å². The third kappa shape index (κ3) is 8.85. The zero-order valence-corrected chi connectivity index (χ0v) is 36.6. The van der Waals surface area contributed by atoms with Gasteiger partial charge in [-0.15, -0.1) is 10.2 Å². The molecule has 0 bridgehead atoms. The van der Waals surface area contributed by atoms with Crippen LogP contribution in [0, 0.1) is 34.6 Å². The Hall–Kier alpha value is -6.73. The summed E-state index contributed by atoms with van der Waals surface area (Å²) >= 11 is -2.13. The number of hydrogen-bond acceptors (Lipinski definition) is 13. The Bertz CT molecular complexity index is 3230. The van der Waals surface area contributed by atoms with Crippen molar-refractivity contribution >= 4 is 87.2 Å². The third-order valence-electron chi connectivity index (χ3n) is 10.0. The number of aromatic hydroxyl groups is 1. The lowest BCUT2D eigenvalue weighted by molar-refractivity contribution is 0.460. The van der Waals surface area contributed by atoms with Gasteiger partial charge in [0, 0.05) is 12.4 Å². The van der Waals surface area contributed by atoms with Crippen LogP contribution in [0.5, 0.6) is 17.2 Å². The monoisotopic (exact) mass is 892 g/mol. The molecule has 15 nitrogen and oxygen atoms in total. The van der Waals surface area contributed by atoms with E-state index in [0.717, 1.165) is 28.0 Å². The average Bonchev–Trinajstić information content (AvgIpc) is 3.21. The first kappa shape index (κ1) is 43.4. The van der Waals surface area contributed by atoms with Gasteiger partial charge in [-0.05, 0) is 135 Å². The standard InChI is InChI=1S/C44H40N6O9S3/c1-25-11-16-33(17-12-25)58-60(52)59-38-23-27(3)36(22-28(38)4)47-48-42-29(5)21-31-24-39(62(55,56)57)43(44(51)40(31)41(42)45)49-46-32-14-18-34(19-15-32)61(53,54)50(6)37-9-7-8-30-13-10-26(2)20-35(30)37/h7-24,51H,45H2,1-6H3,(H,55,56,57). The minimum atomic E-state index is -4.97. The molecular weight excluding hydrogens is 853 g/mol. The first-order chi connectivity index (χ1) is 29.3. The zero-order valence-electron chi connectivity index (χ0n) is 34.2. The van der Waals surface area contributed by atoms with Crippen LogP contribution in [0.4, 0.5) is 34.1 Å². The largest absolute Gasteiger partial charge is 0.505 e. The summed E-state index contributed by atoms with van der Waals surface area (Å²) in [5.74, 6) is -0.0343. The van der Waals surface area contributed by atoms with E-state index in [-0.39, 0.29) is 32.7 Å². The SMILES string of the molecule is Cc1ccc(OS(=O)Oc2cc(C)c(N=Nc3c(C)cc4cc(S(=O)(=O)O)c(N=Nc5ccc(S(=O)(=O)N(C)c6cccc7ccc(C)cc67)cc5)c(O)c4c3N)cc2C)cc1. The number of rotatable bonds is 12. The van der Waals surface area contributed by atoms with Gasteiger partial charge in [0.05, 0.1) is 33.0 Å². The van der Waals surface area contributed by atoms with E-state index in [0.29, 0.717) is 39.6 Å². The second-order valence-corrected chi connectivity index (χ2v) is 18.7. The molecule has 1 unspecified atom stereocenters. The minimum Gasteiger partial charge on any atom is -0.505 e. The van der Waals surface area contributed by atoms with Crippen LogP contribution >= 0.6 is 0 Å². The molecule has 318 valence electrons. The van der Waals surface area contributed by atoms with E-state index in [1.807, 2.05) is 50.2 Å². The molecule has 0 aliphatic heterocycles. The molecule has 18 heteroatoms. The molecule has 0 fully saturated rings. The number of sulfonamides is 1. The van der Waals surface area contributed by atoms with Gasteiger partial charge in [0.25, 0.3) is 20.1 Å². The van der Waals surface area contributed by atoms with Crippen molar-refractivity contribution in [3.8, 4) is 17.2 Å². The highest BCUT2D eigenvalue weighted by Gasteiger charge is 2.26. The summed E-state index contributed by atoms with van der Waals surface area (Å²) < 4.78 is 87.6. The number of nitrogens with two attached hydrogens (primary N) is 1. The summed E-state index contributed by atoms with van der Waals surface area (Å²) in [6.45, 7) is 8.98. The number of fused-ring (bicyclic) bond motifs is 2. The molecule has 1 atom stereocenters. The molecule has 0 aliphatic rings. The van der Waals surface area contributed by atoms with Crippen molar-refractivity contribution in [3.05, 3.63) is 137 Å². The average molecular weight is 893 g/mol. The van der Waals surface area contributed by atoms with Crippen LogP contribution in [0.25, 0.3) is 21.5 Å². The van der Waals surface area contributed by atoms with Crippen LogP contribution in [-0.4, -0.2) is 37.8 Å². The number of nitrogens with zero attached hydrogens (tertiary/aromatic N) is 5. The Kier molecular flexibility index (Phi) is 11.9. The van der Waals surface area contributed by atoms with E-state index < -0.39 is 47.8 Å². The molecular formula is C44H40N6O9S3. The van der Waals surface area contributed by atoms with E-state index in [4.69, 9.17) is 14.1 Å². The lowest BCUT2D eigenvalue weighted by Gasteiger charge is -2.21. The second kappa shape index (κ2) is 17.0. The number of anilines is 2. The molecule has 0 spiro atoms. The van der Waals surface area contributed by atoms with Crippen LogP contribution in [0.1, 0.15) is 27.8 Å². The third-order valence-corrected chi connectivity index (χ3v) is 13.3. The second-order valence-electron chi connectivity index (χ2n) is 14.6. The first-order valence-corrected chi connectivity index (χ1v) is 22.6. The summed E-state index contributed by atoms with van der Waals surface area (Å²) in [5, 5.41) is 30.1. The Morgan fingerprint density at radius 2 is 1.35 bits per heavy atom. The van der Waals surface area contributed by atoms with Crippen molar-refractivity contribution in [2.75, 3.05) is 17.1 Å². The van der Waals surface area contributed by atoms with Crippen molar-refractivity contribution < 1.29 is 39.1 Å². The molecule has 7 rings (SSSR count). The fourth-order valence-corrected chi connectivity index (χ4v) is 9.17. The first-order valence-electron chi connectivity index (χ1n) is 18.8. The number of hydrogen-bond donors (Lipinski definition) is 3. The summed E-state index contributed by atoms with van der Waals surface area (Å²) in [6.07, 6.45) is 0. The topological polar surface area (TPSA) is 223 Å². The summed E-state index contributed by atoms with van der Waals surface area (Å²) in [6, 6.07) is 29.5. The Balaban J connectivity index is 1.17. The Morgan fingerprint density at radius 1 is 0.677 bits per heavy atom. The predicted molar refractivity (Wildman–Crippen MR) is 240 cm³/mol. The van der Waals surface area contributed by atoms with Crippen LogP contribution in [0.2, 0.25) is 0 Å². The van der Waals surface area contributed by atoms with Crippen LogP contribution in [-0.2, 0) is 31.5 Å². The molecule has 0 aromatic heterocycles. The van der Waals surface area contributed by atoms with E-state index >= 15 is 0 Å². The Morgan fingerprint density at radius 3 is 2.05 bits per heavy atom. The number of nitrogen functional groups attached to an aromatic ring is 1. The lowest BCUT2D eigenvalue weighted by Crippen LogP contribution is -2.26. The molecule has 0 saturated heterocycles. The smallest absolute Gasteiger partial charge is 0.417 e. The van der Waals surface area contributed by atoms with E-state index in [1.54, 1.807) is 57.2 Å². The molecule has 0 amide bonds. The number of phenolic OH excluding ortho intramolecular Hbond substituents is 1.